The Morgan fingerprint density at radius 1 is 1.40 bits per heavy atom. The maximum absolute atomic E-state index is 12.1. The number of rotatable bonds is 2. The lowest BCUT2D eigenvalue weighted by molar-refractivity contribution is 0.0964. The Hall–Kier alpha value is -1.15. The number of carbonyl (C=O) groups excluding carboxylic acids is 1. The first-order chi connectivity index (χ1) is 7.27. The third kappa shape index (κ3) is 1.40. The zero-order valence-corrected chi connectivity index (χ0v) is 9.38. The minimum Gasteiger partial charge on any atom is -0.294 e. The Morgan fingerprint density at radius 3 is 2.93 bits per heavy atom. The Morgan fingerprint density at radius 2 is 2.20 bits per heavy atom. The molecule has 1 aliphatic carbocycles. The maximum Gasteiger partial charge on any atom is 0.167 e. The van der Waals surface area contributed by atoms with Gasteiger partial charge in [0.05, 0.1) is 0 Å². The van der Waals surface area contributed by atoms with Crippen molar-refractivity contribution in [2.45, 2.75) is 13.3 Å². The summed E-state index contributed by atoms with van der Waals surface area (Å²) in [6, 6.07) is 8.09. The molecule has 2 heteroatoms. The monoisotopic (exact) mass is 216 g/mol. The van der Waals surface area contributed by atoms with E-state index in [1.54, 1.807) is 11.3 Å². The van der Waals surface area contributed by atoms with Crippen LogP contribution in [0.3, 0.4) is 0 Å². The van der Waals surface area contributed by atoms with E-state index in [2.05, 4.69) is 24.4 Å². The molecule has 0 bridgehead atoms. The summed E-state index contributed by atoms with van der Waals surface area (Å²) in [7, 11) is 0. The third-order valence-corrected chi connectivity index (χ3v) is 4.15. The van der Waals surface area contributed by atoms with Crippen molar-refractivity contribution in [3.63, 3.8) is 0 Å². The number of fused-ring (bicyclic) bond motifs is 1. The van der Waals surface area contributed by atoms with Gasteiger partial charge in [-0.05, 0) is 35.2 Å². The van der Waals surface area contributed by atoms with Crippen molar-refractivity contribution < 1.29 is 4.79 Å². The zero-order chi connectivity index (χ0) is 10.4. The summed E-state index contributed by atoms with van der Waals surface area (Å²) in [5.41, 5.74) is 0.928. The third-order valence-electron chi connectivity index (χ3n) is 3.19. The minimum atomic E-state index is 0.290. The molecule has 2 unspecified atom stereocenters. The summed E-state index contributed by atoms with van der Waals surface area (Å²) < 4.78 is 1.15. The molecule has 1 saturated carbocycles. The predicted molar refractivity (Wildman–Crippen MR) is 63.4 cm³/mol. The Bertz CT molecular complexity index is 526. The number of hydrogen-bond acceptors (Lipinski definition) is 2. The van der Waals surface area contributed by atoms with Crippen LogP contribution in [0.5, 0.6) is 0 Å². The molecule has 0 amide bonds. The zero-order valence-electron chi connectivity index (χ0n) is 8.57. The quantitative estimate of drug-likeness (QED) is 0.699. The fraction of sp³-hybridized carbons (Fsp3) is 0.308. The van der Waals surface area contributed by atoms with Crippen molar-refractivity contribution in [3.05, 3.63) is 35.2 Å². The van der Waals surface area contributed by atoms with Crippen LogP contribution >= 0.6 is 11.3 Å². The van der Waals surface area contributed by atoms with Crippen LogP contribution in [0.2, 0.25) is 0 Å². The molecule has 1 aromatic heterocycles. The van der Waals surface area contributed by atoms with E-state index in [0.29, 0.717) is 11.7 Å². The first-order valence-corrected chi connectivity index (χ1v) is 6.16. The molecule has 15 heavy (non-hydrogen) atoms. The molecule has 1 heterocycles. The topological polar surface area (TPSA) is 17.1 Å². The van der Waals surface area contributed by atoms with Gasteiger partial charge in [-0.15, -0.1) is 11.3 Å². The van der Waals surface area contributed by atoms with Crippen LogP contribution in [0, 0.1) is 11.8 Å². The molecular weight excluding hydrogens is 204 g/mol. The van der Waals surface area contributed by atoms with Gasteiger partial charge in [0.2, 0.25) is 0 Å². The van der Waals surface area contributed by atoms with E-state index in [-0.39, 0.29) is 5.92 Å². The fourth-order valence-electron chi connectivity index (χ4n) is 2.07. The van der Waals surface area contributed by atoms with Gasteiger partial charge in [-0.3, -0.25) is 4.79 Å². The highest BCUT2D eigenvalue weighted by Crippen LogP contribution is 2.41. The number of hydrogen-bond donors (Lipinski definition) is 0. The van der Waals surface area contributed by atoms with E-state index in [0.717, 1.165) is 16.7 Å². The van der Waals surface area contributed by atoms with Crippen molar-refractivity contribution in [2.24, 2.45) is 11.8 Å². The number of Topliss-reactive ketones (excluding diaryl/α,β-unsaturated/α-hetero) is 1. The summed E-state index contributed by atoms with van der Waals surface area (Å²) >= 11 is 1.67. The summed E-state index contributed by atoms with van der Waals surface area (Å²) in [6.07, 6.45) is 1.07. The predicted octanol–water partition coefficient (Wildman–Crippen LogP) is 3.74. The Kier molecular flexibility index (Phi) is 1.93. The number of carbonyl (C=O) groups is 1. The summed E-state index contributed by atoms with van der Waals surface area (Å²) in [6.45, 7) is 2.15. The number of thiophene rings is 1. The van der Waals surface area contributed by atoms with E-state index in [4.69, 9.17) is 0 Å². The van der Waals surface area contributed by atoms with Crippen LogP contribution in [0.15, 0.2) is 29.6 Å². The van der Waals surface area contributed by atoms with E-state index >= 15 is 0 Å². The van der Waals surface area contributed by atoms with Crippen LogP contribution in [0.4, 0.5) is 0 Å². The average molecular weight is 216 g/mol. The lowest BCUT2D eigenvalue weighted by atomic mass is 10.0. The van der Waals surface area contributed by atoms with Crippen LogP contribution in [0.1, 0.15) is 23.7 Å². The molecule has 0 spiro atoms. The van der Waals surface area contributed by atoms with E-state index < -0.39 is 0 Å². The standard InChI is InChI=1S/C13H12OS/c1-8-7-11(8)12(14)10-4-2-3-9-5-6-15-13(9)10/h2-6,8,11H,7H2,1H3. The van der Waals surface area contributed by atoms with Crippen LogP contribution in [-0.4, -0.2) is 5.78 Å². The first kappa shape index (κ1) is 9.10. The van der Waals surface area contributed by atoms with Gasteiger partial charge in [0.15, 0.2) is 5.78 Å². The van der Waals surface area contributed by atoms with Crippen LogP contribution < -0.4 is 0 Å². The number of benzene rings is 1. The highest BCUT2D eigenvalue weighted by atomic mass is 32.1. The normalized spacial score (nSPS) is 24.3. The smallest absolute Gasteiger partial charge is 0.167 e. The van der Waals surface area contributed by atoms with Gasteiger partial charge in [-0.25, -0.2) is 0 Å². The molecule has 3 rings (SSSR count). The number of ketones is 1. The van der Waals surface area contributed by atoms with E-state index in [1.807, 2.05) is 12.1 Å². The van der Waals surface area contributed by atoms with Crippen molar-refractivity contribution >= 4 is 27.2 Å². The molecule has 0 N–H and O–H groups in total. The molecule has 1 nitrogen and oxygen atoms in total. The maximum atomic E-state index is 12.1. The van der Waals surface area contributed by atoms with E-state index in [1.165, 1.54) is 5.39 Å². The summed E-state index contributed by atoms with van der Waals surface area (Å²) in [4.78, 5) is 12.1. The average Bonchev–Trinajstić information content (AvgIpc) is 2.80. The molecule has 0 aliphatic heterocycles. The highest BCUT2D eigenvalue weighted by molar-refractivity contribution is 7.17. The summed E-state index contributed by atoms with van der Waals surface area (Å²) in [5.74, 6) is 1.22. The van der Waals surface area contributed by atoms with Gasteiger partial charge >= 0.3 is 0 Å². The molecule has 1 aromatic carbocycles. The molecule has 2 atom stereocenters. The van der Waals surface area contributed by atoms with E-state index in [9.17, 15) is 4.79 Å². The van der Waals surface area contributed by atoms with Gasteiger partial charge in [0.25, 0.3) is 0 Å². The summed E-state index contributed by atoms with van der Waals surface area (Å²) in [5, 5.41) is 3.25. The molecule has 2 aromatic rings. The molecule has 0 saturated heterocycles. The molecular formula is C13H12OS. The van der Waals surface area contributed by atoms with Crippen molar-refractivity contribution in [2.75, 3.05) is 0 Å². The van der Waals surface area contributed by atoms with Gasteiger partial charge in [0.1, 0.15) is 0 Å². The van der Waals surface area contributed by atoms with Gasteiger partial charge in [-0.1, -0.05) is 19.1 Å². The first-order valence-electron chi connectivity index (χ1n) is 5.28. The van der Waals surface area contributed by atoms with Crippen molar-refractivity contribution in [1.29, 1.82) is 0 Å². The lowest BCUT2D eigenvalue weighted by Crippen LogP contribution is -2.02. The molecule has 76 valence electrons. The second-order valence-corrected chi connectivity index (χ2v) is 5.24. The fourth-order valence-corrected chi connectivity index (χ4v) is 2.99. The SMILES string of the molecule is CC1CC1C(=O)c1cccc2ccsc12. The van der Waals surface area contributed by atoms with Crippen molar-refractivity contribution in [3.8, 4) is 0 Å². The molecule has 0 radical (unpaired) electrons. The van der Waals surface area contributed by atoms with Gasteiger partial charge in [0, 0.05) is 16.2 Å². The molecule has 1 fully saturated rings. The second-order valence-electron chi connectivity index (χ2n) is 4.33. The Labute approximate surface area is 92.7 Å². The Balaban J connectivity index is 2.10. The van der Waals surface area contributed by atoms with Gasteiger partial charge in [-0.2, -0.15) is 0 Å². The molecule has 1 aliphatic rings. The van der Waals surface area contributed by atoms with Crippen LogP contribution in [-0.2, 0) is 0 Å². The second kappa shape index (κ2) is 3.17. The van der Waals surface area contributed by atoms with Crippen LogP contribution in [0.25, 0.3) is 10.1 Å². The van der Waals surface area contributed by atoms with Gasteiger partial charge < -0.3 is 0 Å². The minimum absolute atomic E-state index is 0.290. The largest absolute Gasteiger partial charge is 0.294 e. The highest BCUT2D eigenvalue weighted by Gasteiger charge is 2.39. The lowest BCUT2D eigenvalue weighted by Gasteiger charge is -2.00. The van der Waals surface area contributed by atoms with Crippen molar-refractivity contribution in [1.82, 2.24) is 0 Å².